The molecule has 0 unspecified atom stereocenters. The number of hydrogen-bond acceptors (Lipinski definition) is 3. The summed E-state index contributed by atoms with van der Waals surface area (Å²) < 4.78 is 1.87. The molecule has 124 valence electrons. The molecule has 2 aromatic heterocycles. The number of carbonyl (C=O) groups excluding carboxylic acids is 1. The predicted molar refractivity (Wildman–Crippen MR) is 92.8 cm³/mol. The molecule has 23 heavy (non-hydrogen) atoms. The topological polar surface area (TPSA) is 47.8 Å². The fourth-order valence-corrected chi connectivity index (χ4v) is 2.71. The molecule has 0 amide bonds. The Morgan fingerprint density at radius 1 is 1.17 bits per heavy atom. The van der Waals surface area contributed by atoms with Gasteiger partial charge < -0.3 is 0 Å². The molecule has 4 heteroatoms. The summed E-state index contributed by atoms with van der Waals surface area (Å²) in [6.07, 6.45) is 13.5. The molecule has 4 nitrogen and oxygen atoms in total. The zero-order valence-corrected chi connectivity index (χ0v) is 14.3. The molecular weight excluding hydrogens is 286 g/mol. The fourth-order valence-electron chi connectivity index (χ4n) is 2.71. The Bertz CT molecular complexity index is 604. The van der Waals surface area contributed by atoms with E-state index >= 15 is 0 Å². The van der Waals surface area contributed by atoms with Crippen molar-refractivity contribution in [3.05, 3.63) is 42.0 Å². The minimum atomic E-state index is 0.401. The van der Waals surface area contributed by atoms with E-state index < -0.39 is 0 Å². The van der Waals surface area contributed by atoms with E-state index in [1.807, 2.05) is 23.7 Å². The highest BCUT2D eigenvalue weighted by Gasteiger charge is 2.08. The Labute approximate surface area is 138 Å². The zero-order valence-electron chi connectivity index (χ0n) is 14.3. The van der Waals surface area contributed by atoms with Gasteiger partial charge in [-0.15, -0.1) is 0 Å². The first-order chi connectivity index (χ1) is 11.2. The van der Waals surface area contributed by atoms with Gasteiger partial charge in [-0.25, -0.2) is 4.68 Å². The Balaban J connectivity index is 1.78. The van der Waals surface area contributed by atoms with Crippen LogP contribution in [0.2, 0.25) is 0 Å². The summed E-state index contributed by atoms with van der Waals surface area (Å²) in [5.41, 5.74) is 3.21. The van der Waals surface area contributed by atoms with Gasteiger partial charge in [0.1, 0.15) is 5.78 Å². The van der Waals surface area contributed by atoms with E-state index in [2.05, 4.69) is 23.2 Å². The van der Waals surface area contributed by atoms with Crippen LogP contribution in [-0.2, 0) is 11.2 Å². The zero-order chi connectivity index (χ0) is 16.5. The molecule has 2 aromatic rings. The second kappa shape index (κ2) is 9.23. The van der Waals surface area contributed by atoms with Crippen LogP contribution in [0.5, 0.6) is 0 Å². The maximum atomic E-state index is 11.9. The first-order valence-electron chi connectivity index (χ1n) is 8.68. The smallest absolute Gasteiger partial charge is 0.132 e. The van der Waals surface area contributed by atoms with Crippen molar-refractivity contribution in [2.75, 3.05) is 0 Å². The molecule has 0 spiro atoms. The number of ketones is 1. The normalized spacial score (nSPS) is 10.9. The van der Waals surface area contributed by atoms with Crippen LogP contribution in [0, 0.1) is 6.92 Å². The van der Waals surface area contributed by atoms with Crippen molar-refractivity contribution in [2.45, 2.75) is 65.2 Å². The highest BCUT2D eigenvalue weighted by atomic mass is 16.1. The lowest BCUT2D eigenvalue weighted by molar-refractivity contribution is -0.119. The average Bonchev–Trinajstić information content (AvgIpc) is 2.94. The van der Waals surface area contributed by atoms with Crippen LogP contribution < -0.4 is 0 Å². The van der Waals surface area contributed by atoms with Crippen LogP contribution >= 0.6 is 0 Å². The number of unbranched alkanes of at least 4 members (excludes halogenated alkanes) is 3. The Hall–Kier alpha value is -1.97. The van der Waals surface area contributed by atoms with Crippen molar-refractivity contribution < 1.29 is 4.79 Å². The predicted octanol–water partition coefficient (Wildman–Crippen LogP) is 4.44. The molecule has 0 fully saturated rings. The van der Waals surface area contributed by atoms with Gasteiger partial charge in [-0.2, -0.15) is 5.10 Å². The Morgan fingerprint density at radius 2 is 2.00 bits per heavy atom. The van der Waals surface area contributed by atoms with E-state index in [4.69, 9.17) is 0 Å². The number of hydrogen-bond donors (Lipinski definition) is 0. The van der Waals surface area contributed by atoms with Gasteiger partial charge in [0, 0.05) is 25.2 Å². The average molecular weight is 313 g/mol. The molecule has 0 aliphatic carbocycles. The van der Waals surface area contributed by atoms with Gasteiger partial charge >= 0.3 is 0 Å². The molecule has 2 rings (SSSR count). The molecule has 0 N–H and O–H groups in total. The molecule has 2 heterocycles. The number of rotatable bonds is 10. The lowest BCUT2D eigenvalue weighted by Gasteiger charge is -2.01. The van der Waals surface area contributed by atoms with E-state index in [9.17, 15) is 4.79 Å². The van der Waals surface area contributed by atoms with E-state index in [0.717, 1.165) is 37.1 Å². The third kappa shape index (κ3) is 5.62. The van der Waals surface area contributed by atoms with Crippen molar-refractivity contribution in [3.63, 3.8) is 0 Å². The van der Waals surface area contributed by atoms with Crippen LogP contribution in [0.15, 0.2) is 30.7 Å². The minimum absolute atomic E-state index is 0.401. The standard InChI is InChI=1S/C19H27N3O/c1-3-4-5-6-11-19(23)12-7-9-17-15-22(21-16(17)2)18-10-8-13-20-14-18/h8,10,13-15H,3-7,9,11-12H2,1-2H3. The minimum Gasteiger partial charge on any atom is -0.300 e. The van der Waals surface area contributed by atoms with Crippen LogP contribution in [0.4, 0.5) is 0 Å². The molecular formula is C19H27N3O. The summed E-state index contributed by atoms with van der Waals surface area (Å²) in [4.78, 5) is 16.0. The van der Waals surface area contributed by atoms with Gasteiger partial charge in [-0.05, 0) is 43.9 Å². The van der Waals surface area contributed by atoms with Gasteiger partial charge in [0.15, 0.2) is 0 Å². The SMILES string of the molecule is CCCCCCC(=O)CCCc1cn(-c2cccnc2)nc1C. The molecule has 0 radical (unpaired) electrons. The van der Waals surface area contributed by atoms with Crippen LogP contribution in [0.3, 0.4) is 0 Å². The Morgan fingerprint density at radius 3 is 2.74 bits per heavy atom. The molecule has 0 aliphatic rings. The fraction of sp³-hybridized carbons (Fsp3) is 0.526. The van der Waals surface area contributed by atoms with Gasteiger partial charge in [0.2, 0.25) is 0 Å². The number of aryl methyl sites for hydroxylation is 2. The van der Waals surface area contributed by atoms with Crippen molar-refractivity contribution in [1.29, 1.82) is 0 Å². The summed E-state index contributed by atoms with van der Waals surface area (Å²) in [5.74, 6) is 0.401. The third-order valence-corrected chi connectivity index (χ3v) is 4.12. The van der Waals surface area contributed by atoms with Crippen molar-refractivity contribution in [3.8, 4) is 5.69 Å². The summed E-state index contributed by atoms with van der Waals surface area (Å²) in [7, 11) is 0. The second-order valence-corrected chi connectivity index (χ2v) is 6.10. The van der Waals surface area contributed by atoms with Gasteiger partial charge in [-0.3, -0.25) is 9.78 Å². The lowest BCUT2D eigenvalue weighted by atomic mass is 10.0. The van der Waals surface area contributed by atoms with Gasteiger partial charge in [-0.1, -0.05) is 26.2 Å². The van der Waals surface area contributed by atoms with Crippen molar-refractivity contribution >= 4 is 5.78 Å². The number of carbonyl (C=O) groups is 1. The van der Waals surface area contributed by atoms with Crippen LogP contribution in [0.1, 0.15) is 63.1 Å². The third-order valence-electron chi connectivity index (χ3n) is 4.12. The lowest BCUT2D eigenvalue weighted by Crippen LogP contribution is -1.99. The van der Waals surface area contributed by atoms with Gasteiger partial charge in [0.05, 0.1) is 17.6 Å². The van der Waals surface area contributed by atoms with E-state index in [1.54, 1.807) is 12.4 Å². The number of pyridine rings is 1. The first-order valence-corrected chi connectivity index (χ1v) is 8.68. The molecule has 0 saturated heterocycles. The van der Waals surface area contributed by atoms with Crippen molar-refractivity contribution in [2.24, 2.45) is 0 Å². The largest absolute Gasteiger partial charge is 0.300 e. The molecule has 0 saturated carbocycles. The van der Waals surface area contributed by atoms with E-state index in [1.165, 1.54) is 24.8 Å². The van der Waals surface area contributed by atoms with E-state index in [0.29, 0.717) is 12.2 Å². The van der Waals surface area contributed by atoms with Crippen molar-refractivity contribution in [1.82, 2.24) is 14.8 Å². The molecule has 0 bridgehead atoms. The Kier molecular flexibility index (Phi) is 6.98. The quantitative estimate of drug-likeness (QED) is 0.609. The number of Topliss-reactive ketones (excluding diaryl/α,β-unsaturated/α-hetero) is 1. The van der Waals surface area contributed by atoms with Gasteiger partial charge in [0.25, 0.3) is 0 Å². The number of aromatic nitrogens is 3. The molecule has 0 aromatic carbocycles. The summed E-state index contributed by atoms with van der Waals surface area (Å²) in [5, 5.41) is 4.54. The van der Waals surface area contributed by atoms with Crippen LogP contribution in [0.25, 0.3) is 5.69 Å². The highest BCUT2D eigenvalue weighted by Crippen LogP contribution is 2.14. The number of nitrogens with zero attached hydrogens (tertiary/aromatic N) is 3. The highest BCUT2D eigenvalue weighted by molar-refractivity contribution is 5.78. The maximum absolute atomic E-state index is 11.9. The summed E-state index contributed by atoms with van der Waals surface area (Å²) in [6, 6.07) is 3.90. The second-order valence-electron chi connectivity index (χ2n) is 6.10. The molecule has 0 atom stereocenters. The molecule has 0 aliphatic heterocycles. The first kappa shape index (κ1) is 17.4. The monoisotopic (exact) mass is 313 g/mol. The summed E-state index contributed by atoms with van der Waals surface area (Å²) >= 11 is 0. The van der Waals surface area contributed by atoms with E-state index in [-0.39, 0.29) is 0 Å². The van der Waals surface area contributed by atoms with Crippen LogP contribution in [-0.4, -0.2) is 20.5 Å². The summed E-state index contributed by atoms with van der Waals surface area (Å²) in [6.45, 7) is 4.21. The maximum Gasteiger partial charge on any atom is 0.132 e.